The van der Waals surface area contributed by atoms with Gasteiger partial charge in [0.25, 0.3) is 0 Å². The smallest absolute Gasteiger partial charge is 0.320 e. The second kappa shape index (κ2) is 10.8. The van der Waals surface area contributed by atoms with Crippen molar-refractivity contribution in [3.8, 4) is 23.2 Å². The number of ether oxygens (including phenoxy) is 1. The van der Waals surface area contributed by atoms with Gasteiger partial charge in [0.1, 0.15) is 17.6 Å². The number of rotatable bonds is 4. The molecule has 9 heteroatoms. The summed E-state index contributed by atoms with van der Waals surface area (Å²) in [7, 11) is 0. The van der Waals surface area contributed by atoms with Crippen molar-refractivity contribution < 1.29 is 19.2 Å². The lowest BCUT2D eigenvalue weighted by Gasteiger charge is -2.33. The minimum absolute atomic E-state index is 0.0844. The Labute approximate surface area is 210 Å². The van der Waals surface area contributed by atoms with Crippen LogP contribution in [-0.4, -0.2) is 75.0 Å². The second-order valence-corrected chi connectivity index (χ2v) is 8.91. The molecule has 4 heterocycles. The van der Waals surface area contributed by atoms with Gasteiger partial charge in [-0.1, -0.05) is 23.1 Å². The molecule has 2 amide bonds. The molecule has 1 aromatic carbocycles. The maximum absolute atomic E-state index is 12.6. The number of aromatic nitrogens is 3. The number of morpholine rings is 1. The van der Waals surface area contributed by atoms with Crippen molar-refractivity contribution >= 4 is 6.03 Å². The van der Waals surface area contributed by atoms with Gasteiger partial charge in [-0.3, -0.25) is 0 Å². The fourth-order valence-corrected chi connectivity index (χ4v) is 4.30. The van der Waals surface area contributed by atoms with Crippen molar-refractivity contribution in [2.75, 3.05) is 39.4 Å². The number of carbonyl (C=O) groups excluding carboxylic acids is 1. The number of benzene rings is 1. The molecule has 1 fully saturated rings. The summed E-state index contributed by atoms with van der Waals surface area (Å²) in [5.74, 6) is 7.74. The molecule has 9 nitrogen and oxygen atoms in total. The quantitative estimate of drug-likeness (QED) is 0.568. The van der Waals surface area contributed by atoms with Gasteiger partial charge in [-0.2, -0.15) is 0 Å². The lowest BCUT2D eigenvalue weighted by Crippen LogP contribution is -2.49. The summed E-state index contributed by atoms with van der Waals surface area (Å²) >= 11 is 0. The van der Waals surface area contributed by atoms with Crippen LogP contribution in [0.3, 0.4) is 0 Å². The highest BCUT2D eigenvalue weighted by molar-refractivity contribution is 5.75. The standard InChI is InChI=1S/C27H29N5O4/c1-20(33)26-28-10-13-32(26)19-24-18-25(36-29-24)23-6-4-21(5-7-23)2-3-22-8-11-30(12-9-22)27(34)31-14-16-35-17-15-31/h4-8,10,13,18,20,33H,9,11-12,14-17,19H2,1H3/t20-/m0/s1. The third-order valence-corrected chi connectivity index (χ3v) is 6.31. The van der Waals surface area contributed by atoms with Crippen LogP contribution in [0.5, 0.6) is 0 Å². The molecule has 186 valence electrons. The summed E-state index contributed by atoms with van der Waals surface area (Å²) in [6, 6.07) is 9.83. The summed E-state index contributed by atoms with van der Waals surface area (Å²) in [5, 5.41) is 14.0. The monoisotopic (exact) mass is 487 g/mol. The highest BCUT2D eigenvalue weighted by atomic mass is 16.5. The number of aliphatic hydroxyl groups is 1. The second-order valence-electron chi connectivity index (χ2n) is 8.91. The number of carbonyl (C=O) groups is 1. The topological polar surface area (TPSA) is 96.9 Å². The lowest BCUT2D eigenvalue weighted by atomic mass is 10.1. The van der Waals surface area contributed by atoms with Crippen LogP contribution in [0.25, 0.3) is 11.3 Å². The Morgan fingerprint density at radius 2 is 1.94 bits per heavy atom. The summed E-state index contributed by atoms with van der Waals surface area (Å²) in [6.45, 7) is 5.96. The number of hydrogen-bond acceptors (Lipinski definition) is 6. The average Bonchev–Trinajstić information content (AvgIpc) is 3.58. The number of amides is 2. The van der Waals surface area contributed by atoms with Gasteiger partial charge >= 0.3 is 6.03 Å². The van der Waals surface area contributed by atoms with E-state index < -0.39 is 6.10 Å². The van der Waals surface area contributed by atoms with Crippen molar-refractivity contribution in [1.82, 2.24) is 24.5 Å². The van der Waals surface area contributed by atoms with E-state index in [0.29, 0.717) is 57.5 Å². The Bertz CT molecular complexity index is 1290. The fraction of sp³-hybridized carbons (Fsp3) is 0.370. The van der Waals surface area contributed by atoms with E-state index in [9.17, 15) is 9.90 Å². The van der Waals surface area contributed by atoms with Crippen LogP contribution in [0.2, 0.25) is 0 Å². The SMILES string of the molecule is C[C@H](O)c1nccn1Cc1cc(-c2ccc(C#CC3=CCN(C(=O)N4CCOCC4)CC3)cc2)on1. The molecule has 0 bridgehead atoms. The zero-order valence-corrected chi connectivity index (χ0v) is 20.3. The number of urea groups is 1. The van der Waals surface area contributed by atoms with Gasteiger partial charge in [-0.05, 0) is 37.6 Å². The maximum Gasteiger partial charge on any atom is 0.320 e. The minimum Gasteiger partial charge on any atom is -0.385 e. The fourth-order valence-electron chi connectivity index (χ4n) is 4.30. The predicted molar refractivity (Wildman–Crippen MR) is 133 cm³/mol. The Morgan fingerprint density at radius 3 is 2.67 bits per heavy atom. The maximum atomic E-state index is 12.6. The third kappa shape index (κ3) is 5.51. The van der Waals surface area contributed by atoms with Gasteiger partial charge < -0.3 is 28.7 Å². The number of nitrogens with zero attached hydrogens (tertiary/aromatic N) is 5. The van der Waals surface area contributed by atoms with Gasteiger partial charge in [0.05, 0.1) is 19.8 Å². The highest BCUT2D eigenvalue weighted by Gasteiger charge is 2.23. The largest absolute Gasteiger partial charge is 0.385 e. The first-order chi connectivity index (χ1) is 17.6. The molecule has 0 unspecified atom stereocenters. The van der Waals surface area contributed by atoms with E-state index in [1.165, 1.54) is 0 Å². The Morgan fingerprint density at radius 1 is 1.14 bits per heavy atom. The molecule has 0 spiro atoms. The molecule has 0 radical (unpaired) electrons. The third-order valence-electron chi connectivity index (χ3n) is 6.31. The lowest BCUT2D eigenvalue weighted by molar-refractivity contribution is 0.0440. The predicted octanol–water partition coefficient (Wildman–Crippen LogP) is 3.08. The minimum atomic E-state index is -0.652. The summed E-state index contributed by atoms with van der Waals surface area (Å²) in [4.78, 5) is 20.5. The van der Waals surface area contributed by atoms with Crippen LogP contribution >= 0.6 is 0 Å². The van der Waals surface area contributed by atoms with E-state index >= 15 is 0 Å². The summed E-state index contributed by atoms with van der Waals surface area (Å²) in [5.41, 5.74) is 3.63. The van der Waals surface area contributed by atoms with Crippen LogP contribution in [-0.2, 0) is 11.3 Å². The van der Waals surface area contributed by atoms with E-state index in [-0.39, 0.29) is 6.03 Å². The number of hydrogen-bond donors (Lipinski definition) is 1. The van der Waals surface area contributed by atoms with E-state index in [0.717, 1.165) is 28.8 Å². The van der Waals surface area contributed by atoms with E-state index in [2.05, 4.69) is 22.0 Å². The zero-order chi connectivity index (χ0) is 24.9. The molecule has 1 atom stereocenters. The van der Waals surface area contributed by atoms with E-state index in [1.54, 1.807) is 13.1 Å². The van der Waals surface area contributed by atoms with Crippen LogP contribution in [0, 0.1) is 11.8 Å². The highest BCUT2D eigenvalue weighted by Crippen LogP contribution is 2.22. The first kappa shape index (κ1) is 23.9. The Balaban J connectivity index is 1.18. The van der Waals surface area contributed by atoms with Gasteiger partial charge in [0.15, 0.2) is 5.76 Å². The molecule has 0 aliphatic carbocycles. The molecular weight excluding hydrogens is 458 g/mol. The molecule has 2 aliphatic heterocycles. The van der Waals surface area contributed by atoms with Crippen molar-refractivity contribution in [3.05, 3.63) is 71.5 Å². The molecule has 2 aromatic heterocycles. The molecule has 3 aromatic rings. The van der Waals surface area contributed by atoms with Crippen LogP contribution in [0.15, 0.2) is 58.9 Å². The Kier molecular flexibility index (Phi) is 7.16. The van der Waals surface area contributed by atoms with Crippen LogP contribution in [0.4, 0.5) is 4.79 Å². The summed E-state index contributed by atoms with van der Waals surface area (Å²) in [6.07, 6.45) is 5.62. The van der Waals surface area contributed by atoms with Gasteiger partial charge in [-0.25, -0.2) is 9.78 Å². The van der Waals surface area contributed by atoms with Crippen molar-refractivity contribution in [1.29, 1.82) is 0 Å². The number of aliphatic hydroxyl groups excluding tert-OH is 1. The number of imidazole rings is 1. The first-order valence-electron chi connectivity index (χ1n) is 12.1. The molecule has 36 heavy (non-hydrogen) atoms. The molecule has 1 N–H and O–H groups in total. The van der Waals surface area contributed by atoms with Gasteiger partial charge in [-0.15, -0.1) is 0 Å². The van der Waals surface area contributed by atoms with E-state index in [4.69, 9.17) is 9.26 Å². The van der Waals surface area contributed by atoms with Gasteiger partial charge in [0, 0.05) is 61.3 Å². The average molecular weight is 488 g/mol. The van der Waals surface area contributed by atoms with Crippen LogP contribution in [0.1, 0.15) is 36.5 Å². The molecule has 2 aliphatic rings. The zero-order valence-electron chi connectivity index (χ0n) is 20.3. The van der Waals surface area contributed by atoms with E-state index in [1.807, 2.05) is 57.0 Å². The van der Waals surface area contributed by atoms with Crippen molar-refractivity contribution in [2.45, 2.75) is 26.0 Å². The molecular formula is C27H29N5O4. The normalized spacial score (nSPS) is 16.8. The van der Waals surface area contributed by atoms with Crippen molar-refractivity contribution in [3.63, 3.8) is 0 Å². The molecule has 5 rings (SSSR count). The molecule has 0 saturated carbocycles. The molecule has 1 saturated heterocycles. The first-order valence-corrected chi connectivity index (χ1v) is 12.1. The van der Waals surface area contributed by atoms with Crippen LogP contribution < -0.4 is 0 Å². The van der Waals surface area contributed by atoms with Crippen molar-refractivity contribution in [2.24, 2.45) is 0 Å². The summed E-state index contributed by atoms with van der Waals surface area (Å²) < 4.78 is 12.7. The Hall–Kier alpha value is -3.87. The van der Waals surface area contributed by atoms with Gasteiger partial charge in [0.2, 0.25) is 0 Å².